The monoisotopic (exact) mass is 230 g/mol. The maximum Gasteiger partial charge on any atom is 0.331 e. The average Bonchev–Trinajstić information content (AvgIpc) is 2.16. The number of hydrogen-bond donors (Lipinski definition) is 3. The van der Waals surface area contributed by atoms with Gasteiger partial charge in [0.05, 0.1) is 17.9 Å². The first-order valence-corrected chi connectivity index (χ1v) is 5.86. The third kappa shape index (κ3) is 9.52. The Balaban J connectivity index is 3.43. The minimum absolute atomic E-state index is 0.0818. The van der Waals surface area contributed by atoms with Gasteiger partial charge < -0.3 is 15.3 Å². The van der Waals surface area contributed by atoms with Crippen molar-refractivity contribution in [2.24, 2.45) is 0 Å². The number of aliphatic carboxylic acids is 1. The van der Waals surface area contributed by atoms with Crippen molar-refractivity contribution in [3.63, 3.8) is 0 Å². The van der Waals surface area contributed by atoms with Crippen molar-refractivity contribution in [2.75, 3.05) is 0 Å². The predicted octanol–water partition coefficient (Wildman–Crippen LogP) is 2.62. The molecule has 4 heteroatoms. The standard InChI is InChI=1S/C12H22O4/c1-2-6-10(13)7-4-3-5-8-11(14)9-12(15)16/h9-10,13-14H,2-8H2,1H3,(H,15,16). The van der Waals surface area contributed by atoms with Gasteiger partial charge in [-0.15, -0.1) is 0 Å². The molecule has 0 amide bonds. The van der Waals surface area contributed by atoms with Crippen molar-refractivity contribution in [1.29, 1.82) is 0 Å². The molecule has 0 aromatic rings. The molecule has 0 spiro atoms. The number of carboxylic acids is 1. The van der Waals surface area contributed by atoms with E-state index in [2.05, 4.69) is 0 Å². The van der Waals surface area contributed by atoms with Crippen LogP contribution in [0.5, 0.6) is 0 Å². The fourth-order valence-electron chi connectivity index (χ4n) is 1.56. The van der Waals surface area contributed by atoms with Gasteiger partial charge >= 0.3 is 5.97 Å². The molecule has 4 nitrogen and oxygen atoms in total. The van der Waals surface area contributed by atoms with Crippen LogP contribution in [0.2, 0.25) is 0 Å². The molecule has 0 radical (unpaired) electrons. The summed E-state index contributed by atoms with van der Waals surface area (Å²) in [6.45, 7) is 2.04. The maximum atomic E-state index is 10.2. The first kappa shape index (κ1) is 15.0. The van der Waals surface area contributed by atoms with Crippen LogP contribution in [0.25, 0.3) is 0 Å². The van der Waals surface area contributed by atoms with Gasteiger partial charge in [-0.2, -0.15) is 0 Å². The van der Waals surface area contributed by atoms with Crippen LogP contribution in [0.3, 0.4) is 0 Å². The van der Waals surface area contributed by atoms with Gasteiger partial charge in [-0.1, -0.05) is 26.2 Å². The fraction of sp³-hybridized carbons (Fsp3) is 0.750. The molecule has 1 atom stereocenters. The minimum Gasteiger partial charge on any atom is -0.512 e. The summed E-state index contributed by atoms with van der Waals surface area (Å²) in [6, 6.07) is 0. The Bertz CT molecular complexity index is 223. The Morgan fingerprint density at radius 2 is 1.88 bits per heavy atom. The summed E-state index contributed by atoms with van der Waals surface area (Å²) in [5.41, 5.74) is 0. The lowest BCUT2D eigenvalue weighted by molar-refractivity contribution is -0.131. The van der Waals surface area contributed by atoms with E-state index in [0.717, 1.165) is 44.6 Å². The summed E-state index contributed by atoms with van der Waals surface area (Å²) in [7, 11) is 0. The molecule has 0 aromatic carbocycles. The van der Waals surface area contributed by atoms with E-state index in [0.29, 0.717) is 6.42 Å². The van der Waals surface area contributed by atoms with E-state index in [1.807, 2.05) is 6.92 Å². The number of unbranched alkanes of at least 4 members (excludes halogenated alkanes) is 2. The first-order valence-electron chi connectivity index (χ1n) is 5.86. The van der Waals surface area contributed by atoms with E-state index in [1.165, 1.54) is 0 Å². The zero-order valence-electron chi connectivity index (χ0n) is 9.85. The predicted molar refractivity (Wildman–Crippen MR) is 62.3 cm³/mol. The summed E-state index contributed by atoms with van der Waals surface area (Å²) in [6.07, 6.45) is 6.20. The van der Waals surface area contributed by atoms with Crippen molar-refractivity contribution in [3.8, 4) is 0 Å². The second kappa shape index (κ2) is 9.21. The Morgan fingerprint density at radius 3 is 2.44 bits per heavy atom. The first-order chi connectivity index (χ1) is 7.56. The highest BCUT2D eigenvalue weighted by Gasteiger charge is 2.02. The van der Waals surface area contributed by atoms with E-state index in [4.69, 9.17) is 10.2 Å². The fourth-order valence-corrected chi connectivity index (χ4v) is 1.56. The quantitative estimate of drug-likeness (QED) is 0.323. The Kier molecular flexibility index (Phi) is 8.62. The summed E-state index contributed by atoms with van der Waals surface area (Å²) in [5, 5.41) is 26.9. The molecule has 0 aromatic heterocycles. The summed E-state index contributed by atoms with van der Waals surface area (Å²) < 4.78 is 0. The van der Waals surface area contributed by atoms with E-state index >= 15 is 0 Å². The van der Waals surface area contributed by atoms with Crippen LogP contribution in [0.1, 0.15) is 51.9 Å². The van der Waals surface area contributed by atoms with Crippen molar-refractivity contribution >= 4 is 5.97 Å². The molecule has 16 heavy (non-hydrogen) atoms. The summed E-state index contributed by atoms with van der Waals surface area (Å²) in [5.74, 6) is -1.20. The van der Waals surface area contributed by atoms with Crippen molar-refractivity contribution in [2.45, 2.75) is 58.0 Å². The van der Waals surface area contributed by atoms with E-state index in [-0.39, 0.29) is 11.9 Å². The molecule has 0 aliphatic carbocycles. The van der Waals surface area contributed by atoms with Crippen LogP contribution in [-0.4, -0.2) is 27.4 Å². The third-order valence-corrected chi connectivity index (χ3v) is 2.38. The molecule has 0 aliphatic heterocycles. The molecule has 0 bridgehead atoms. The molecule has 0 rings (SSSR count). The molecule has 0 fully saturated rings. The molecular weight excluding hydrogens is 208 g/mol. The van der Waals surface area contributed by atoms with Crippen molar-refractivity contribution < 1.29 is 20.1 Å². The molecule has 94 valence electrons. The van der Waals surface area contributed by atoms with Gasteiger partial charge in [-0.25, -0.2) is 4.79 Å². The Morgan fingerprint density at radius 1 is 1.19 bits per heavy atom. The number of rotatable bonds is 9. The Labute approximate surface area is 96.6 Å². The Hall–Kier alpha value is -1.03. The average molecular weight is 230 g/mol. The van der Waals surface area contributed by atoms with Crippen LogP contribution >= 0.6 is 0 Å². The van der Waals surface area contributed by atoms with Crippen molar-refractivity contribution in [3.05, 3.63) is 11.8 Å². The van der Waals surface area contributed by atoms with Gasteiger partial charge in [0, 0.05) is 6.42 Å². The lowest BCUT2D eigenvalue weighted by Gasteiger charge is -2.08. The molecule has 0 aliphatic rings. The number of allylic oxidation sites excluding steroid dienone is 1. The van der Waals surface area contributed by atoms with Gasteiger partial charge in [0.2, 0.25) is 0 Å². The topological polar surface area (TPSA) is 77.8 Å². The second-order valence-electron chi connectivity index (χ2n) is 4.02. The van der Waals surface area contributed by atoms with Crippen LogP contribution in [0, 0.1) is 0 Å². The van der Waals surface area contributed by atoms with E-state index in [1.54, 1.807) is 0 Å². The zero-order chi connectivity index (χ0) is 12.4. The van der Waals surface area contributed by atoms with E-state index < -0.39 is 5.97 Å². The number of aliphatic hydroxyl groups excluding tert-OH is 2. The van der Waals surface area contributed by atoms with Gasteiger partial charge in [0.15, 0.2) is 0 Å². The number of carbonyl (C=O) groups is 1. The summed E-state index contributed by atoms with van der Waals surface area (Å²) >= 11 is 0. The molecular formula is C12H22O4. The highest BCUT2D eigenvalue weighted by Crippen LogP contribution is 2.11. The number of hydrogen-bond acceptors (Lipinski definition) is 3. The maximum absolute atomic E-state index is 10.2. The van der Waals surface area contributed by atoms with Crippen LogP contribution in [0.15, 0.2) is 11.8 Å². The van der Waals surface area contributed by atoms with Crippen LogP contribution < -0.4 is 0 Å². The molecule has 3 N–H and O–H groups in total. The number of aliphatic hydroxyl groups is 2. The smallest absolute Gasteiger partial charge is 0.331 e. The van der Waals surface area contributed by atoms with Crippen molar-refractivity contribution in [1.82, 2.24) is 0 Å². The SMILES string of the molecule is CCCC(O)CCCCCC(O)=CC(=O)O. The van der Waals surface area contributed by atoms with E-state index in [9.17, 15) is 9.90 Å². The molecule has 1 unspecified atom stereocenters. The molecule has 0 saturated carbocycles. The third-order valence-electron chi connectivity index (χ3n) is 2.38. The second-order valence-corrected chi connectivity index (χ2v) is 4.02. The molecule has 0 heterocycles. The lowest BCUT2D eigenvalue weighted by Crippen LogP contribution is -2.05. The molecule has 0 saturated heterocycles. The van der Waals surface area contributed by atoms with Crippen LogP contribution in [-0.2, 0) is 4.79 Å². The normalized spacial score (nSPS) is 13.8. The van der Waals surface area contributed by atoms with Gasteiger partial charge in [-0.05, 0) is 19.3 Å². The highest BCUT2D eigenvalue weighted by atomic mass is 16.4. The number of carboxylic acid groups (broad SMARTS) is 1. The van der Waals surface area contributed by atoms with Gasteiger partial charge in [-0.3, -0.25) is 0 Å². The largest absolute Gasteiger partial charge is 0.512 e. The highest BCUT2D eigenvalue weighted by molar-refractivity contribution is 5.80. The van der Waals surface area contributed by atoms with Gasteiger partial charge in [0.1, 0.15) is 0 Å². The zero-order valence-corrected chi connectivity index (χ0v) is 9.85. The lowest BCUT2D eigenvalue weighted by atomic mass is 10.1. The summed E-state index contributed by atoms with van der Waals surface area (Å²) in [4.78, 5) is 10.2. The minimum atomic E-state index is -1.11. The van der Waals surface area contributed by atoms with Crippen LogP contribution in [0.4, 0.5) is 0 Å². The van der Waals surface area contributed by atoms with Gasteiger partial charge in [0.25, 0.3) is 0 Å².